The molecule has 0 spiro atoms. The first-order valence-corrected chi connectivity index (χ1v) is 4.83. The van der Waals surface area contributed by atoms with Gasteiger partial charge in [-0.15, -0.1) is 0 Å². The number of hydrogen-bond acceptors (Lipinski definition) is 3. The van der Waals surface area contributed by atoms with Gasteiger partial charge < -0.3 is 9.26 Å². The molecular weight excluding hydrogens is 190 g/mol. The highest BCUT2D eigenvalue weighted by molar-refractivity contribution is 5.88. The molecule has 15 heavy (non-hydrogen) atoms. The van der Waals surface area contributed by atoms with Crippen LogP contribution in [0.15, 0.2) is 22.7 Å². The summed E-state index contributed by atoms with van der Waals surface area (Å²) in [6.45, 7) is 3.88. The highest BCUT2D eigenvalue weighted by Crippen LogP contribution is 2.32. The summed E-state index contributed by atoms with van der Waals surface area (Å²) in [4.78, 5) is 0. The highest BCUT2D eigenvalue weighted by Gasteiger charge is 2.12. The first-order valence-electron chi connectivity index (χ1n) is 4.83. The van der Waals surface area contributed by atoms with Gasteiger partial charge in [-0.05, 0) is 19.9 Å². The summed E-state index contributed by atoms with van der Waals surface area (Å²) >= 11 is 0. The number of allylic oxidation sites excluding steroid dienone is 1. The third kappa shape index (κ3) is 1.50. The Hall–Kier alpha value is -1.77. The molecule has 2 aromatic rings. The van der Waals surface area contributed by atoms with E-state index in [1.54, 1.807) is 7.11 Å². The molecule has 0 radical (unpaired) electrons. The SMILES string of the molecule is C/C=C/c1ccc2c(C)noc2c1OC. The van der Waals surface area contributed by atoms with Crippen molar-refractivity contribution in [3.63, 3.8) is 0 Å². The predicted molar refractivity (Wildman–Crippen MR) is 60.0 cm³/mol. The van der Waals surface area contributed by atoms with Crippen molar-refractivity contribution in [2.75, 3.05) is 7.11 Å². The van der Waals surface area contributed by atoms with Gasteiger partial charge in [-0.1, -0.05) is 23.4 Å². The van der Waals surface area contributed by atoms with Crippen LogP contribution in [0.4, 0.5) is 0 Å². The van der Waals surface area contributed by atoms with E-state index >= 15 is 0 Å². The van der Waals surface area contributed by atoms with Crippen LogP contribution in [0.2, 0.25) is 0 Å². The van der Waals surface area contributed by atoms with Crippen molar-refractivity contribution < 1.29 is 9.26 Å². The number of benzene rings is 1. The van der Waals surface area contributed by atoms with E-state index in [9.17, 15) is 0 Å². The molecule has 3 heteroatoms. The molecule has 1 aromatic heterocycles. The van der Waals surface area contributed by atoms with Crippen LogP contribution >= 0.6 is 0 Å². The average Bonchev–Trinajstić information content (AvgIpc) is 2.61. The van der Waals surface area contributed by atoms with E-state index in [1.165, 1.54) is 0 Å². The molecule has 0 saturated carbocycles. The minimum absolute atomic E-state index is 0.714. The van der Waals surface area contributed by atoms with Crippen molar-refractivity contribution in [1.29, 1.82) is 0 Å². The Morgan fingerprint density at radius 2 is 2.20 bits per heavy atom. The van der Waals surface area contributed by atoms with Crippen LogP contribution < -0.4 is 4.74 Å². The minimum atomic E-state index is 0.714. The van der Waals surface area contributed by atoms with Crippen molar-refractivity contribution in [3.8, 4) is 5.75 Å². The second-order valence-corrected chi connectivity index (χ2v) is 3.33. The third-order valence-corrected chi connectivity index (χ3v) is 2.36. The van der Waals surface area contributed by atoms with Crippen LogP contribution in [-0.4, -0.2) is 12.3 Å². The number of aryl methyl sites for hydroxylation is 1. The number of fused-ring (bicyclic) bond motifs is 1. The fourth-order valence-electron chi connectivity index (χ4n) is 1.64. The molecule has 0 N–H and O–H groups in total. The van der Waals surface area contributed by atoms with Crippen molar-refractivity contribution in [1.82, 2.24) is 5.16 Å². The second kappa shape index (κ2) is 3.77. The summed E-state index contributed by atoms with van der Waals surface area (Å²) in [5.41, 5.74) is 2.60. The van der Waals surface area contributed by atoms with Gasteiger partial charge in [-0.2, -0.15) is 0 Å². The summed E-state index contributed by atoms with van der Waals surface area (Å²) in [5.74, 6) is 0.742. The third-order valence-electron chi connectivity index (χ3n) is 2.36. The maximum absolute atomic E-state index is 5.34. The molecule has 0 atom stereocenters. The average molecular weight is 203 g/mol. The van der Waals surface area contributed by atoms with E-state index < -0.39 is 0 Å². The zero-order valence-electron chi connectivity index (χ0n) is 9.07. The van der Waals surface area contributed by atoms with Crippen LogP contribution in [0.5, 0.6) is 5.75 Å². The van der Waals surface area contributed by atoms with E-state index in [1.807, 2.05) is 38.1 Å². The molecule has 0 aliphatic rings. The van der Waals surface area contributed by atoms with Crippen molar-refractivity contribution in [3.05, 3.63) is 29.5 Å². The lowest BCUT2D eigenvalue weighted by atomic mass is 10.1. The quantitative estimate of drug-likeness (QED) is 0.751. The molecule has 1 aromatic carbocycles. The van der Waals surface area contributed by atoms with Gasteiger partial charge in [0.25, 0.3) is 0 Å². The summed E-state index contributed by atoms with van der Waals surface area (Å²) in [5, 5.41) is 4.93. The Bertz CT molecular complexity index is 512. The van der Waals surface area contributed by atoms with Gasteiger partial charge in [-0.3, -0.25) is 0 Å². The molecule has 2 rings (SSSR count). The maximum atomic E-state index is 5.34. The summed E-state index contributed by atoms with van der Waals surface area (Å²) in [6, 6.07) is 4.00. The topological polar surface area (TPSA) is 35.3 Å². The van der Waals surface area contributed by atoms with E-state index in [-0.39, 0.29) is 0 Å². The number of aromatic nitrogens is 1. The Kier molecular flexibility index (Phi) is 2.46. The lowest BCUT2D eigenvalue weighted by Gasteiger charge is -2.04. The fourth-order valence-corrected chi connectivity index (χ4v) is 1.64. The molecule has 1 heterocycles. The first-order chi connectivity index (χ1) is 7.27. The van der Waals surface area contributed by atoms with Gasteiger partial charge in [0.2, 0.25) is 5.58 Å². The van der Waals surface area contributed by atoms with Crippen LogP contribution in [0.1, 0.15) is 18.2 Å². The predicted octanol–water partition coefficient (Wildman–Crippen LogP) is 3.18. The van der Waals surface area contributed by atoms with E-state index in [0.717, 1.165) is 22.4 Å². The van der Waals surface area contributed by atoms with Crippen LogP contribution in [0.25, 0.3) is 17.0 Å². The molecular formula is C12H13NO2. The zero-order chi connectivity index (χ0) is 10.8. The maximum Gasteiger partial charge on any atom is 0.209 e. The summed E-state index contributed by atoms with van der Waals surface area (Å²) < 4.78 is 10.6. The smallest absolute Gasteiger partial charge is 0.209 e. The molecule has 0 bridgehead atoms. The number of ether oxygens (including phenoxy) is 1. The van der Waals surface area contributed by atoms with Gasteiger partial charge in [0.05, 0.1) is 12.8 Å². The van der Waals surface area contributed by atoms with E-state index in [2.05, 4.69) is 5.16 Å². The number of methoxy groups -OCH3 is 1. The van der Waals surface area contributed by atoms with Crippen molar-refractivity contribution in [2.24, 2.45) is 0 Å². The van der Waals surface area contributed by atoms with Crippen molar-refractivity contribution >= 4 is 17.0 Å². The molecule has 0 unspecified atom stereocenters. The summed E-state index contributed by atoms with van der Waals surface area (Å²) in [7, 11) is 1.64. The lowest BCUT2D eigenvalue weighted by Crippen LogP contribution is -1.87. The highest BCUT2D eigenvalue weighted by atomic mass is 16.5. The Morgan fingerprint density at radius 3 is 2.87 bits per heavy atom. The first kappa shape index (κ1) is 9.77. The number of rotatable bonds is 2. The standard InChI is InChI=1S/C12H13NO2/c1-4-5-9-6-7-10-8(2)13-15-12(10)11(9)14-3/h4-7H,1-3H3/b5-4+. The second-order valence-electron chi connectivity index (χ2n) is 3.33. The lowest BCUT2D eigenvalue weighted by molar-refractivity contribution is 0.391. The Labute approximate surface area is 88.3 Å². The fraction of sp³-hybridized carbons (Fsp3) is 0.250. The molecule has 0 fully saturated rings. The number of nitrogens with zero attached hydrogens (tertiary/aromatic N) is 1. The Balaban J connectivity index is 2.75. The number of hydrogen-bond donors (Lipinski definition) is 0. The molecule has 0 amide bonds. The van der Waals surface area contributed by atoms with Crippen LogP contribution in [0, 0.1) is 6.92 Å². The monoisotopic (exact) mass is 203 g/mol. The van der Waals surface area contributed by atoms with E-state index in [0.29, 0.717) is 5.58 Å². The van der Waals surface area contributed by atoms with Gasteiger partial charge >= 0.3 is 0 Å². The summed E-state index contributed by atoms with van der Waals surface area (Å²) in [6.07, 6.45) is 3.95. The molecule has 3 nitrogen and oxygen atoms in total. The molecule has 78 valence electrons. The van der Waals surface area contributed by atoms with Gasteiger partial charge in [0, 0.05) is 10.9 Å². The van der Waals surface area contributed by atoms with Gasteiger partial charge in [-0.25, -0.2) is 0 Å². The molecule has 0 aliphatic heterocycles. The van der Waals surface area contributed by atoms with E-state index in [4.69, 9.17) is 9.26 Å². The largest absolute Gasteiger partial charge is 0.492 e. The van der Waals surface area contributed by atoms with Crippen LogP contribution in [-0.2, 0) is 0 Å². The van der Waals surface area contributed by atoms with Crippen molar-refractivity contribution in [2.45, 2.75) is 13.8 Å². The zero-order valence-corrected chi connectivity index (χ0v) is 9.07. The minimum Gasteiger partial charge on any atom is -0.492 e. The molecule has 0 saturated heterocycles. The van der Waals surface area contributed by atoms with Gasteiger partial charge in [0.15, 0.2) is 5.75 Å². The normalized spacial score (nSPS) is 11.4. The molecule has 0 aliphatic carbocycles. The van der Waals surface area contributed by atoms with Crippen LogP contribution in [0.3, 0.4) is 0 Å². The van der Waals surface area contributed by atoms with Gasteiger partial charge in [0.1, 0.15) is 0 Å². The Morgan fingerprint density at radius 1 is 1.40 bits per heavy atom.